The van der Waals surface area contributed by atoms with Crippen LogP contribution in [0.3, 0.4) is 0 Å². The Hall–Kier alpha value is -19.1. The van der Waals surface area contributed by atoms with Crippen molar-refractivity contribution in [2.75, 3.05) is 0 Å². The average Bonchev–Trinajstić information content (AvgIpc) is 1.58. The van der Waals surface area contributed by atoms with Crippen molar-refractivity contribution in [1.82, 2.24) is 29.9 Å². The summed E-state index contributed by atoms with van der Waals surface area (Å²) in [7, 11) is 0. The zero-order chi connectivity index (χ0) is 97.3. The summed E-state index contributed by atoms with van der Waals surface area (Å²) >= 11 is 1.85. The maximum Gasteiger partial charge on any atom is 0.180 e. The van der Waals surface area contributed by atoms with Crippen LogP contribution in [0.25, 0.3) is 287 Å². The van der Waals surface area contributed by atoms with Gasteiger partial charge in [0, 0.05) is 96.7 Å². The molecule has 20 aromatic carbocycles. The van der Waals surface area contributed by atoms with E-state index in [1.807, 2.05) is 96.3 Å². The molecule has 1 aliphatic carbocycles. The second kappa shape index (κ2) is 35.2. The number of fused-ring (bicyclic) bond motifs is 21. The van der Waals surface area contributed by atoms with Crippen LogP contribution in [0.4, 0.5) is 0 Å². The number of hydrogen-bond donors (Lipinski definition) is 0. The number of hydrogen-bond acceptors (Lipinski definition) is 12. The van der Waals surface area contributed by atoms with Crippen LogP contribution in [0.15, 0.2) is 496 Å². The summed E-state index contributed by atoms with van der Waals surface area (Å²) < 4.78 is 34.8. The van der Waals surface area contributed by atoms with Crippen molar-refractivity contribution in [1.29, 1.82) is 0 Å². The minimum atomic E-state index is -0.112. The van der Waals surface area contributed by atoms with Crippen molar-refractivity contribution in [2.45, 2.75) is 19.3 Å². The fourth-order valence-corrected chi connectivity index (χ4v) is 23.1. The summed E-state index contributed by atoms with van der Waals surface area (Å²) in [5.41, 5.74) is 42.4. The number of benzene rings is 20. The van der Waals surface area contributed by atoms with Gasteiger partial charge in [0.25, 0.3) is 0 Å². The van der Waals surface area contributed by atoms with Crippen LogP contribution in [0, 0.1) is 0 Å². The number of furan rings is 5. The smallest absolute Gasteiger partial charge is 0.180 e. The molecule has 9 aromatic heterocycles. The lowest BCUT2D eigenvalue weighted by Gasteiger charge is -2.21. The van der Waals surface area contributed by atoms with Crippen LogP contribution in [-0.2, 0) is 5.41 Å². The largest absolute Gasteiger partial charge is 0.455 e. The molecular formula is C135H84N6O5S. The highest BCUT2D eigenvalue weighted by Gasteiger charge is 2.36. The summed E-state index contributed by atoms with van der Waals surface area (Å²) in [5, 5.41) is 9.98. The first-order chi connectivity index (χ1) is 72.6. The molecule has 0 radical (unpaired) electrons. The van der Waals surface area contributed by atoms with Crippen molar-refractivity contribution in [2.24, 2.45) is 0 Å². The van der Waals surface area contributed by atoms with E-state index in [-0.39, 0.29) is 5.41 Å². The van der Waals surface area contributed by atoms with Gasteiger partial charge in [-0.3, -0.25) is 0 Å². The molecule has 29 aromatic rings. The fraction of sp³-hybridized carbons (Fsp3) is 0.0222. The Bertz CT molecular complexity index is 10200. The molecule has 0 amide bonds. The lowest BCUT2D eigenvalue weighted by atomic mass is 9.82. The molecule has 0 bridgehead atoms. The molecule has 0 spiro atoms. The van der Waals surface area contributed by atoms with E-state index in [4.69, 9.17) is 37.0 Å². The summed E-state index contributed by atoms with van der Waals surface area (Å²) in [5.74, 6) is 0.700. The first kappa shape index (κ1) is 85.8. The van der Waals surface area contributed by atoms with Crippen LogP contribution in [0.2, 0.25) is 0 Å². The number of nitrogens with zero attached hydrogens (tertiary/aromatic N) is 6. The summed E-state index contributed by atoms with van der Waals surface area (Å²) in [6.07, 6.45) is 3.24. The van der Waals surface area contributed by atoms with E-state index in [0.717, 1.165) is 205 Å². The zero-order valence-corrected chi connectivity index (χ0v) is 80.5. The van der Waals surface area contributed by atoms with Gasteiger partial charge in [0.2, 0.25) is 0 Å². The lowest BCUT2D eigenvalue weighted by molar-refractivity contribution is 0.660. The summed E-state index contributed by atoms with van der Waals surface area (Å²) in [4.78, 5) is 28.9. The van der Waals surface area contributed by atoms with Gasteiger partial charge in [-0.2, -0.15) is 0 Å². The van der Waals surface area contributed by atoms with Gasteiger partial charge in [-0.05, 0) is 220 Å². The van der Waals surface area contributed by atoms with Crippen molar-refractivity contribution < 1.29 is 22.1 Å². The molecule has 0 unspecified atom stereocenters. The van der Waals surface area contributed by atoms with Gasteiger partial charge in [-0.1, -0.05) is 366 Å². The van der Waals surface area contributed by atoms with E-state index in [9.17, 15) is 0 Å². The molecule has 12 heteroatoms. The highest BCUT2D eigenvalue weighted by molar-refractivity contribution is 7.26. The van der Waals surface area contributed by atoms with E-state index in [1.165, 1.54) is 70.2 Å². The van der Waals surface area contributed by atoms with E-state index in [2.05, 4.69) is 405 Å². The molecule has 0 fully saturated rings. The van der Waals surface area contributed by atoms with E-state index >= 15 is 0 Å². The highest BCUT2D eigenvalue weighted by atomic mass is 32.1. The molecule has 0 aliphatic heterocycles. The van der Waals surface area contributed by atoms with E-state index in [0.29, 0.717) is 22.6 Å². The van der Waals surface area contributed by atoms with Crippen molar-refractivity contribution >= 4 is 142 Å². The van der Waals surface area contributed by atoms with Gasteiger partial charge in [0.15, 0.2) is 22.6 Å². The van der Waals surface area contributed by atoms with Crippen molar-refractivity contribution in [3.8, 4) is 156 Å². The minimum absolute atomic E-state index is 0.112. The predicted molar refractivity (Wildman–Crippen MR) is 604 cm³/mol. The first-order valence-electron chi connectivity index (χ1n) is 49.4. The third-order valence-corrected chi connectivity index (χ3v) is 30.4. The van der Waals surface area contributed by atoms with Crippen LogP contribution in [0.5, 0.6) is 0 Å². The molecule has 9 heterocycles. The van der Waals surface area contributed by atoms with Gasteiger partial charge in [-0.15, -0.1) is 11.3 Å². The standard InChI is InChI=1S/C58H36N2O2.C43H28N2OS.C34H20N2O2/c1-3-11-37(12-4-1)39-21-25-41(26-22-39)45-29-30-54-51(33-45)52-35-48(42-27-23-40(24-28-42)38-13-5-2-6-14-38)34-50(57(52)61-54)46-17-9-15-43(31-46)44-16-10-18-47(32-44)55-58-56(60-36-59-55)49-19-7-8-20-53(49)62-58;1-43(2)34-18-6-3-13-29(34)30-22-21-27(24-35(30)43)42-44-38(40-39(45-42)33-15-4-7-19-36(33)46-40)26-12-9-11-25(23-26)28-16-10-17-32-31-14-5-8-20-37(31)47-41(28)32;1-3-16-29-26(12-1)27-15-7-14-25(33(27)37-29)23-10-5-8-21(18-23)22-9-6-11-24(19-22)31-34-32(36-20-35-31)28-13-2-4-17-30(28)38-34/h1-36H;3-24H,1-2H3;1-20H. The topological polar surface area (TPSA) is 143 Å². The number of para-hydroxylation sites is 5. The molecule has 147 heavy (non-hydrogen) atoms. The molecule has 0 saturated carbocycles. The van der Waals surface area contributed by atoms with Crippen molar-refractivity contribution in [3.05, 3.63) is 485 Å². The van der Waals surface area contributed by atoms with E-state index in [1.54, 1.807) is 12.7 Å². The van der Waals surface area contributed by atoms with E-state index < -0.39 is 0 Å². The van der Waals surface area contributed by atoms with Crippen LogP contribution in [-0.4, -0.2) is 29.9 Å². The molecule has 30 rings (SSSR count). The number of aromatic nitrogens is 6. The van der Waals surface area contributed by atoms with Gasteiger partial charge in [0.1, 0.15) is 85.4 Å². The Labute approximate surface area is 848 Å². The van der Waals surface area contributed by atoms with Crippen molar-refractivity contribution in [3.63, 3.8) is 0 Å². The van der Waals surface area contributed by atoms with Crippen LogP contribution >= 0.6 is 11.3 Å². The maximum absolute atomic E-state index is 6.84. The second-order valence-corrected chi connectivity index (χ2v) is 39.2. The van der Waals surface area contributed by atoms with Gasteiger partial charge >= 0.3 is 0 Å². The lowest BCUT2D eigenvalue weighted by Crippen LogP contribution is -2.15. The predicted octanol–water partition coefficient (Wildman–Crippen LogP) is 37.3. The third-order valence-electron chi connectivity index (χ3n) is 29.1. The zero-order valence-electron chi connectivity index (χ0n) is 79.7. The molecule has 11 nitrogen and oxygen atoms in total. The van der Waals surface area contributed by atoms with Crippen LogP contribution in [0.1, 0.15) is 25.0 Å². The van der Waals surface area contributed by atoms with Gasteiger partial charge in [-0.25, -0.2) is 29.9 Å². The Morgan fingerprint density at radius 1 is 0.190 bits per heavy atom. The Morgan fingerprint density at radius 3 is 1.14 bits per heavy atom. The average molecular weight is 1900 g/mol. The van der Waals surface area contributed by atoms with Crippen LogP contribution < -0.4 is 0 Å². The fourth-order valence-electron chi connectivity index (χ4n) is 21.8. The Kier molecular flexibility index (Phi) is 20.6. The summed E-state index contributed by atoms with van der Waals surface area (Å²) in [6.45, 7) is 4.62. The molecule has 0 atom stereocenters. The van der Waals surface area contributed by atoms with Gasteiger partial charge < -0.3 is 22.1 Å². The number of rotatable bonds is 13. The first-order valence-corrected chi connectivity index (χ1v) is 50.2. The quantitative estimate of drug-likeness (QED) is 0.109. The second-order valence-electron chi connectivity index (χ2n) is 38.2. The molecule has 0 N–H and O–H groups in total. The Morgan fingerprint density at radius 2 is 0.551 bits per heavy atom. The van der Waals surface area contributed by atoms with Gasteiger partial charge in [0.05, 0.1) is 0 Å². The summed E-state index contributed by atoms with van der Waals surface area (Å²) in [6, 6.07) is 162. The molecule has 0 saturated heterocycles. The molecular weight excluding hydrogens is 1820 g/mol. The number of thiophene rings is 1. The SMILES string of the molecule is CC1(C)c2ccccc2-c2ccc(-c3nc(-c4cccc(-c5cccc6c5sc5ccccc56)c4)c4oc5ccccc5c4n3)cc21.c1cc(-c2cccc(-c3ncnc4c3oc3ccccc34)c2)cc(-c2cccc3c2oc2ccccc23)c1.c1ccc(-c2ccc(-c3ccc4oc5c(-c6cccc(-c7cccc(-c8ncnc9c8oc8ccccc89)c7)c6)cc(-c6ccc(-c7ccccc7)cc6)cc5c4c3)cc2)cc1. The minimum Gasteiger partial charge on any atom is -0.455 e. The third kappa shape index (κ3) is 15.0. The normalized spacial score (nSPS) is 12.2. The maximum atomic E-state index is 6.84. The molecule has 690 valence electrons. The monoisotopic (exact) mass is 1900 g/mol. The molecule has 1 aliphatic rings. The Balaban J connectivity index is 0.000000110. The highest BCUT2D eigenvalue weighted by Crippen LogP contribution is 2.52.